The third-order valence-electron chi connectivity index (χ3n) is 5.07. The van der Waals surface area contributed by atoms with Crippen LogP contribution in [0.2, 0.25) is 5.02 Å². The predicted octanol–water partition coefficient (Wildman–Crippen LogP) is 4.83. The summed E-state index contributed by atoms with van der Waals surface area (Å²) in [5.74, 6) is 0.0619. The highest BCUT2D eigenvalue weighted by Crippen LogP contribution is 2.30. The van der Waals surface area contributed by atoms with E-state index in [1.54, 1.807) is 16.1 Å². The maximum absolute atomic E-state index is 12.6. The summed E-state index contributed by atoms with van der Waals surface area (Å²) in [6.45, 7) is 0.802. The molecule has 0 radical (unpaired) electrons. The number of anilines is 1. The molecule has 0 unspecified atom stereocenters. The van der Waals surface area contributed by atoms with Gasteiger partial charge in [-0.3, -0.25) is 0 Å². The first-order valence-corrected chi connectivity index (χ1v) is 14.0. The molecule has 4 rings (SSSR count). The molecule has 0 fully saturated rings. The van der Waals surface area contributed by atoms with Gasteiger partial charge in [-0.15, -0.1) is 11.3 Å². The van der Waals surface area contributed by atoms with Gasteiger partial charge in [-0.05, 0) is 46.3 Å². The van der Waals surface area contributed by atoms with Crippen LogP contribution in [-0.2, 0) is 14.8 Å². The molecule has 0 spiro atoms. The van der Waals surface area contributed by atoms with Gasteiger partial charge in [0.25, 0.3) is 0 Å². The Morgan fingerprint density at radius 1 is 1.23 bits per heavy atom. The van der Waals surface area contributed by atoms with Crippen LogP contribution >= 0.6 is 38.9 Å². The van der Waals surface area contributed by atoms with Crippen LogP contribution < -0.4 is 10.0 Å². The van der Waals surface area contributed by atoms with E-state index >= 15 is 0 Å². The number of fused-ring (bicyclic) bond motifs is 1. The van der Waals surface area contributed by atoms with Crippen LogP contribution in [0.5, 0.6) is 0 Å². The highest BCUT2D eigenvalue weighted by atomic mass is 79.9. The smallest absolute Gasteiger partial charge is 0.349 e. The van der Waals surface area contributed by atoms with Gasteiger partial charge in [-0.25, -0.2) is 22.9 Å². The number of halogens is 2. The predicted molar refractivity (Wildman–Crippen MR) is 140 cm³/mol. The van der Waals surface area contributed by atoms with Crippen LogP contribution in [0.4, 0.5) is 5.82 Å². The number of esters is 1. The van der Waals surface area contributed by atoms with Crippen LogP contribution in [0.15, 0.2) is 57.3 Å². The number of unbranched alkanes of at least 4 members (excludes halogenated alkanes) is 1. The van der Waals surface area contributed by atoms with E-state index < -0.39 is 16.0 Å². The van der Waals surface area contributed by atoms with Gasteiger partial charge in [0.2, 0.25) is 10.0 Å². The molecule has 13 heteroatoms. The molecule has 35 heavy (non-hydrogen) atoms. The number of sulfonamides is 1. The molecule has 184 valence electrons. The maximum atomic E-state index is 12.6. The average molecular weight is 599 g/mol. The first-order chi connectivity index (χ1) is 16.8. The fourth-order valence-electron chi connectivity index (χ4n) is 3.37. The van der Waals surface area contributed by atoms with Gasteiger partial charge in [-0.2, -0.15) is 9.61 Å². The van der Waals surface area contributed by atoms with Gasteiger partial charge >= 0.3 is 5.97 Å². The summed E-state index contributed by atoms with van der Waals surface area (Å²) in [5.41, 5.74) is 2.16. The highest BCUT2D eigenvalue weighted by molar-refractivity contribution is 9.10. The minimum atomic E-state index is -3.81. The van der Waals surface area contributed by atoms with Gasteiger partial charge in [0.1, 0.15) is 15.6 Å². The summed E-state index contributed by atoms with van der Waals surface area (Å²) in [6, 6.07) is 10.8. The van der Waals surface area contributed by atoms with Gasteiger partial charge in [-0.1, -0.05) is 29.8 Å². The van der Waals surface area contributed by atoms with Crippen molar-refractivity contribution in [3.05, 3.63) is 62.3 Å². The van der Waals surface area contributed by atoms with Crippen LogP contribution in [0.25, 0.3) is 16.9 Å². The van der Waals surface area contributed by atoms with Crippen LogP contribution in [0, 0.1) is 0 Å². The van der Waals surface area contributed by atoms with Gasteiger partial charge in [0.05, 0.1) is 23.5 Å². The number of carbonyl (C=O) groups excluding carboxylic acids is 1. The first-order valence-electron chi connectivity index (χ1n) is 10.5. The summed E-state index contributed by atoms with van der Waals surface area (Å²) in [7, 11) is -2.59. The number of carbonyl (C=O) groups is 1. The molecule has 0 amide bonds. The SMILES string of the molecule is COC(=O)c1sccc1S(=O)(=O)NCCCCNc1cc(-c2ccccc2Cl)nc2c(Br)cnn12. The molecule has 0 bridgehead atoms. The molecule has 3 heterocycles. The number of benzene rings is 1. The molecule has 3 aromatic heterocycles. The summed E-state index contributed by atoms with van der Waals surface area (Å²) < 4.78 is 34.8. The molecule has 0 aliphatic carbocycles. The zero-order valence-electron chi connectivity index (χ0n) is 18.5. The number of hydrogen-bond acceptors (Lipinski definition) is 8. The normalized spacial score (nSPS) is 11.6. The third-order valence-corrected chi connectivity index (χ3v) is 8.49. The van der Waals surface area contributed by atoms with Gasteiger partial charge in [0.15, 0.2) is 5.65 Å². The Morgan fingerprint density at radius 3 is 2.77 bits per heavy atom. The monoisotopic (exact) mass is 597 g/mol. The molecule has 0 atom stereocenters. The molecule has 4 aromatic rings. The van der Waals surface area contributed by atoms with Gasteiger partial charge in [0, 0.05) is 29.7 Å². The Bertz CT molecular complexity index is 1470. The molecule has 1 aromatic carbocycles. The van der Waals surface area contributed by atoms with Crippen molar-refractivity contribution < 1.29 is 17.9 Å². The number of rotatable bonds is 10. The van der Waals surface area contributed by atoms with Crippen molar-refractivity contribution in [1.29, 1.82) is 0 Å². The quantitative estimate of drug-likeness (QED) is 0.198. The second kappa shape index (κ2) is 11.0. The van der Waals surface area contributed by atoms with Crippen LogP contribution in [-0.4, -0.2) is 49.2 Å². The number of methoxy groups -OCH3 is 1. The second-order valence-electron chi connectivity index (χ2n) is 7.37. The Kier molecular flexibility index (Phi) is 8.07. The van der Waals surface area contributed by atoms with Gasteiger partial charge < -0.3 is 10.1 Å². The highest BCUT2D eigenvalue weighted by Gasteiger charge is 2.24. The zero-order valence-corrected chi connectivity index (χ0v) is 22.5. The topological polar surface area (TPSA) is 115 Å². The van der Waals surface area contributed by atoms with E-state index in [2.05, 4.69) is 40.8 Å². The van der Waals surface area contributed by atoms with E-state index in [0.29, 0.717) is 35.8 Å². The fraction of sp³-hybridized carbons (Fsp3) is 0.227. The summed E-state index contributed by atoms with van der Waals surface area (Å²) in [4.78, 5) is 16.5. The van der Waals surface area contributed by atoms with E-state index in [-0.39, 0.29) is 16.3 Å². The van der Waals surface area contributed by atoms with Crippen molar-refractivity contribution in [1.82, 2.24) is 19.3 Å². The molecular weight excluding hydrogens is 578 g/mol. The fourth-order valence-corrected chi connectivity index (χ4v) is 6.36. The maximum Gasteiger partial charge on any atom is 0.349 e. The lowest BCUT2D eigenvalue weighted by molar-refractivity contribution is 0.0602. The lowest BCUT2D eigenvalue weighted by atomic mass is 10.1. The van der Waals surface area contributed by atoms with E-state index in [4.69, 9.17) is 11.6 Å². The van der Waals surface area contributed by atoms with E-state index in [9.17, 15) is 13.2 Å². The minimum absolute atomic E-state index is 0.0584. The van der Waals surface area contributed by atoms with Crippen LogP contribution in [0.1, 0.15) is 22.5 Å². The lowest BCUT2D eigenvalue weighted by Crippen LogP contribution is -2.26. The van der Waals surface area contributed by atoms with E-state index in [1.807, 2.05) is 30.3 Å². The number of nitrogens with zero attached hydrogens (tertiary/aromatic N) is 3. The summed E-state index contributed by atoms with van der Waals surface area (Å²) >= 11 is 10.9. The zero-order chi connectivity index (χ0) is 25.0. The second-order valence-corrected chi connectivity index (χ2v) is 11.3. The Balaban J connectivity index is 1.38. The van der Waals surface area contributed by atoms with E-state index in [1.165, 1.54) is 13.2 Å². The molecule has 0 saturated carbocycles. The van der Waals surface area contributed by atoms with Crippen molar-refractivity contribution in [2.45, 2.75) is 17.7 Å². The molecule has 2 N–H and O–H groups in total. The Morgan fingerprint density at radius 2 is 2.00 bits per heavy atom. The Labute approximate surface area is 219 Å². The summed E-state index contributed by atoms with van der Waals surface area (Å²) in [5, 5.41) is 9.85. The largest absolute Gasteiger partial charge is 0.465 e. The Hall–Kier alpha value is -2.51. The third kappa shape index (κ3) is 5.67. The van der Waals surface area contributed by atoms with Crippen molar-refractivity contribution in [2.75, 3.05) is 25.5 Å². The van der Waals surface area contributed by atoms with Crippen molar-refractivity contribution in [2.24, 2.45) is 0 Å². The number of nitrogens with one attached hydrogen (secondary N) is 2. The lowest BCUT2D eigenvalue weighted by Gasteiger charge is -2.12. The summed E-state index contributed by atoms with van der Waals surface area (Å²) in [6.07, 6.45) is 2.94. The standard InChI is InChI=1S/C22H21BrClN5O4S2/c1-33-22(30)20-18(8-11-34-20)35(31,32)27-10-5-4-9-25-19-12-17(14-6-2-3-7-16(14)24)28-21-15(23)13-26-29(19)21/h2-3,6-8,11-13,25,27H,4-5,9-10H2,1H3. The average Bonchev–Trinajstić information content (AvgIpc) is 3.49. The van der Waals surface area contributed by atoms with Crippen molar-refractivity contribution in [3.8, 4) is 11.3 Å². The molecule has 0 aliphatic heterocycles. The number of ether oxygens (including phenoxy) is 1. The molecule has 0 aliphatic rings. The molecule has 9 nitrogen and oxygen atoms in total. The number of hydrogen-bond donors (Lipinski definition) is 2. The minimum Gasteiger partial charge on any atom is -0.465 e. The first kappa shape index (κ1) is 25.6. The number of aromatic nitrogens is 3. The van der Waals surface area contributed by atoms with E-state index in [0.717, 1.165) is 27.2 Å². The van der Waals surface area contributed by atoms with Crippen molar-refractivity contribution >= 4 is 66.3 Å². The van der Waals surface area contributed by atoms with Crippen LogP contribution in [0.3, 0.4) is 0 Å². The molecular formula is C22H21BrClN5O4S2. The number of thiophene rings is 1. The molecule has 0 saturated heterocycles. The van der Waals surface area contributed by atoms with Crippen molar-refractivity contribution in [3.63, 3.8) is 0 Å².